The average molecular weight is 455 g/mol. The molecule has 5 nitrogen and oxygen atoms in total. The summed E-state index contributed by atoms with van der Waals surface area (Å²) in [4.78, 5) is 12.7. The second kappa shape index (κ2) is 11.1. The molecule has 34 heavy (non-hydrogen) atoms. The summed E-state index contributed by atoms with van der Waals surface area (Å²) in [7, 11) is 0. The summed E-state index contributed by atoms with van der Waals surface area (Å²) in [6, 6.07) is 29.3. The zero-order valence-electron chi connectivity index (χ0n) is 18.7. The Labute approximate surface area is 198 Å². The quantitative estimate of drug-likeness (QED) is 0.284. The van der Waals surface area contributed by atoms with Crippen molar-refractivity contribution in [1.29, 1.82) is 0 Å². The monoisotopic (exact) mass is 454 g/mol. The van der Waals surface area contributed by atoms with Crippen LogP contribution in [0.2, 0.25) is 0 Å². The fraction of sp³-hybridized carbons (Fsp3) is 0.138. The molecule has 0 radical (unpaired) electrons. The molecule has 0 saturated carbocycles. The first-order valence-electron chi connectivity index (χ1n) is 11.1. The van der Waals surface area contributed by atoms with E-state index in [1.807, 2.05) is 60.7 Å². The molecule has 0 saturated heterocycles. The maximum atomic E-state index is 12.7. The van der Waals surface area contributed by atoms with E-state index in [9.17, 15) is 15.0 Å². The van der Waals surface area contributed by atoms with Crippen LogP contribution in [0.15, 0.2) is 97.1 Å². The van der Waals surface area contributed by atoms with Gasteiger partial charge in [-0.15, -0.1) is 0 Å². The van der Waals surface area contributed by atoms with E-state index in [0.29, 0.717) is 36.7 Å². The zero-order valence-corrected chi connectivity index (χ0v) is 18.7. The third-order valence-electron chi connectivity index (χ3n) is 5.44. The molecular weight excluding hydrogens is 428 g/mol. The van der Waals surface area contributed by atoms with E-state index in [4.69, 9.17) is 9.47 Å². The molecule has 0 atom stereocenters. The Balaban J connectivity index is 1.31. The summed E-state index contributed by atoms with van der Waals surface area (Å²) < 4.78 is 11.4. The highest BCUT2D eigenvalue weighted by Crippen LogP contribution is 2.28. The smallest absolute Gasteiger partial charge is 0.166 e. The number of aryl methyl sites for hydroxylation is 1. The van der Waals surface area contributed by atoms with Gasteiger partial charge in [0.15, 0.2) is 5.78 Å². The lowest BCUT2D eigenvalue weighted by atomic mass is 10.0. The number of ketones is 1. The number of hydrogen-bond acceptors (Lipinski definition) is 5. The highest BCUT2D eigenvalue weighted by atomic mass is 16.5. The van der Waals surface area contributed by atoms with Crippen LogP contribution in [0.1, 0.15) is 33.5 Å². The largest absolute Gasteiger partial charge is 0.508 e. The Hall–Kier alpha value is -4.25. The van der Waals surface area contributed by atoms with Crippen molar-refractivity contribution >= 4 is 5.78 Å². The van der Waals surface area contributed by atoms with E-state index in [0.717, 1.165) is 11.1 Å². The van der Waals surface area contributed by atoms with Gasteiger partial charge in [-0.3, -0.25) is 4.79 Å². The topological polar surface area (TPSA) is 76.0 Å². The van der Waals surface area contributed by atoms with Gasteiger partial charge in [-0.25, -0.2) is 0 Å². The van der Waals surface area contributed by atoms with Crippen LogP contribution in [0, 0.1) is 0 Å². The molecular formula is C29H26O5. The normalized spacial score (nSPS) is 10.6. The molecule has 0 heterocycles. The van der Waals surface area contributed by atoms with Crippen LogP contribution in [0.25, 0.3) is 0 Å². The lowest BCUT2D eigenvalue weighted by molar-refractivity contribution is 0.0980. The molecule has 4 aromatic rings. The number of aromatic hydroxyl groups is 2. The minimum atomic E-state index is -0.212. The second-order valence-electron chi connectivity index (χ2n) is 7.94. The Morgan fingerprint density at radius 2 is 1.18 bits per heavy atom. The molecule has 0 bridgehead atoms. The van der Waals surface area contributed by atoms with Crippen LogP contribution in [0.4, 0.5) is 0 Å². The number of carbonyl (C=O) groups is 1. The molecule has 0 amide bonds. The zero-order chi connectivity index (χ0) is 23.8. The van der Waals surface area contributed by atoms with Gasteiger partial charge < -0.3 is 19.7 Å². The summed E-state index contributed by atoms with van der Waals surface area (Å²) in [6.45, 7) is 0.778. The molecule has 172 valence electrons. The second-order valence-corrected chi connectivity index (χ2v) is 7.94. The van der Waals surface area contributed by atoms with Gasteiger partial charge in [0.1, 0.15) is 36.2 Å². The number of phenolic OH excluding ortho intramolecular Hbond substituents is 2. The van der Waals surface area contributed by atoms with Gasteiger partial charge in [0.05, 0.1) is 5.56 Å². The summed E-state index contributed by atoms with van der Waals surface area (Å²) >= 11 is 0. The molecule has 2 N–H and O–H groups in total. The van der Waals surface area contributed by atoms with Crippen molar-refractivity contribution in [2.24, 2.45) is 0 Å². The number of benzene rings is 4. The fourth-order valence-electron chi connectivity index (χ4n) is 3.55. The SMILES string of the molecule is O=C(CCc1ccc(OCc2ccccc2)cc1O)c1ccc(OCc2ccccc2)cc1O. The molecule has 0 aliphatic carbocycles. The molecule has 0 aliphatic rings. The van der Waals surface area contributed by atoms with Gasteiger partial charge in [0.25, 0.3) is 0 Å². The van der Waals surface area contributed by atoms with E-state index in [1.54, 1.807) is 30.3 Å². The van der Waals surface area contributed by atoms with Gasteiger partial charge >= 0.3 is 0 Å². The van der Waals surface area contributed by atoms with Gasteiger partial charge in [0, 0.05) is 18.6 Å². The van der Waals surface area contributed by atoms with Crippen LogP contribution in [-0.4, -0.2) is 16.0 Å². The van der Waals surface area contributed by atoms with Gasteiger partial charge in [0.2, 0.25) is 0 Å². The fourth-order valence-corrected chi connectivity index (χ4v) is 3.55. The molecule has 0 aromatic heterocycles. The van der Waals surface area contributed by atoms with Crippen LogP contribution < -0.4 is 9.47 Å². The molecule has 0 spiro atoms. The molecule has 5 heteroatoms. The predicted molar refractivity (Wildman–Crippen MR) is 130 cm³/mol. The first kappa shape index (κ1) is 22.9. The number of rotatable bonds is 10. The molecule has 0 fully saturated rings. The standard InChI is InChI=1S/C29H26O5/c30-27(26-15-14-25(18-29(26)32)34-20-22-9-5-2-6-10-22)16-12-23-11-13-24(17-28(23)31)33-19-21-7-3-1-4-8-21/h1-11,13-15,17-18,31-32H,12,16,19-20H2. The molecule has 4 rings (SSSR count). The van der Waals surface area contributed by atoms with E-state index in [-0.39, 0.29) is 29.3 Å². The predicted octanol–water partition coefficient (Wildman–Crippen LogP) is 6.07. The van der Waals surface area contributed by atoms with E-state index >= 15 is 0 Å². The van der Waals surface area contributed by atoms with E-state index < -0.39 is 0 Å². The number of phenols is 2. The third-order valence-corrected chi connectivity index (χ3v) is 5.44. The minimum Gasteiger partial charge on any atom is -0.508 e. The van der Waals surface area contributed by atoms with Crippen molar-refractivity contribution in [3.63, 3.8) is 0 Å². The Morgan fingerprint density at radius 3 is 1.71 bits per heavy atom. The number of hydrogen-bond donors (Lipinski definition) is 2. The maximum Gasteiger partial charge on any atom is 0.166 e. The van der Waals surface area contributed by atoms with Gasteiger partial charge in [-0.1, -0.05) is 66.7 Å². The molecule has 0 unspecified atom stereocenters. The van der Waals surface area contributed by atoms with Crippen molar-refractivity contribution in [2.75, 3.05) is 0 Å². The average Bonchev–Trinajstić information content (AvgIpc) is 2.87. The molecule has 0 aliphatic heterocycles. The Bertz CT molecular complexity index is 1240. The Morgan fingerprint density at radius 1 is 0.647 bits per heavy atom. The first-order chi connectivity index (χ1) is 16.6. The van der Waals surface area contributed by atoms with Crippen molar-refractivity contribution in [3.05, 3.63) is 119 Å². The van der Waals surface area contributed by atoms with E-state index in [1.165, 1.54) is 6.07 Å². The minimum absolute atomic E-state index is 0.0762. The highest BCUT2D eigenvalue weighted by molar-refractivity contribution is 5.98. The number of Topliss-reactive ketones (excluding diaryl/α,β-unsaturated/α-hetero) is 1. The van der Waals surface area contributed by atoms with Crippen LogP contribution >= 0.6 is 0 Å². The highest BCUT2D eigenvalue weighted by Gasteiger charge is 2.14. The molecule has 4 aromatic carbocycles. The van der Waals surface area contributed by atoms with Gasteiger partial charge in [-0.05, 0) is 41.3 Å². The van der Waals surface area contributed by atoms with Crippen molar-refractivity contribution < 1.29 is 24.5 Å². The third kappa shape index (κ3) is 6.17. The summed E-state index contributed by atoms with van der Waals surface area (Å²) in [5.41, 5.74) is 2.92. The van der Waals surface area contributed by atoms with Crippen molar-refractivity contribution in [2.45, 2.75) is 26.1 Å². The van der Waals surface area contributed by atoms with E-state index in [2.05, 4.69) is 0 Å². The summed E-state index contributed by atoms with van der Waals surface area (Å²) in [5, 5.41) is 20.7. The Kier molecular flexibility index (Phi) is 7.45. The van der Waals surface area contributed by atoms with Crippen molar-refractivity contribution in [1.82, 2.24) is 0 Å². The van der Waals surface area contributed by atoms with Crippen LogP contribution in [0.5, 0.6) is 23.0 Å². The first-order valence-corrected chi connectivity index (χ1v) is 11.1. The van der Waals surface area contributed by atoms with Gasteiger partial charge in [-0.2, -0.15) is 0 Å². The van der Waals surface area contributed by atoms with Crippen LogP contribution in [-0.2, 0) is 19.6 Å². The summed E-state index contributed by atoms with van der Waals surface area (Å²) in [5.74, 6) is 0.786. The lowest BCUT2D eigenvalue weighted by Gasteiger charge is -2.11. The van der Waals surface area contributed by atoms with Crippen molar-refractivity contribution in [3.8, 4) is 23.0 Å². The summed E-state index contributed by atoms with van der Waals surface area (Å²) in [6.07, 6.45) is 0.491. The number of carbonyl (C=O) groups excluding carboxylic acids is 1. The number of ether oxygens (including phenoxy) is 2. The van der Waals surface area contributed by atoms with Crippen LogP contribution in [0.3, 0.4) is 0 Å². The lowest BCUT2D eigenvalue weighted by Crippen LogP contribution is -2.03. The maximum absolute atomic E-state index is 12.7.